The molecule has 2 rings (SSSR count). The van der Waals surface area contributed by atoms with Gasteiger partial charge in [-0.05, 0) is 23.4 Å². The molecule has 0 aliphatic heterocycles. The molecule has 0 amide bonds. The average molecular weight is 265 g/mol. The molecule has 2 N–H and O–H groups in total. The van der Waals surface area contributed by atoms with E-state index in [2.05, 4.69) is 5.10 Å². The normalized spacial score (nSPS) is 10.1. The maximum Gasteiger partial charge on any atom is 0.138 e. The fourth-order valence-corrected chi connectivity index (χ4v) is 2.02. The number of benzene rings is 1. The highest BCUT2D eigenvalue weighted by molar-refractivity contribution is 8.03. The van der Waals surface area contributed by atoms with Gasteiger partial charge in [0.1, 0.15) is 11.2 Å². The highest BCUT2D eigenvalue weighted by Gasteiger charge is 2.09. The van der Waals surface area contributed by atoms with Gasteiger partial charge in [0.05, 0.1) is 17.6 Å². The minimum absolute atomic E-state index is 0.483. The van der Waals surface area contributed by atoms with Crippen LogP contribution in [-0.4, -0.2) is 9.78 Å². The smallest absolute Gasteiger partial charge is 0.138 e. The van der Waals surface area contributed by atoms with Gasteiger partial charge in [-0.3, -0.25) is 0 Å². The van der Waals surface area contributed by atoms with Crippen LogP contribution in [0.3, 0.4) is 0 Å². The standard InChI is InChI=1S/C11H9ClN4S/c12-9-4-2-1-3-8(9)6-16-11(14)10(5-15-16)17-7-13/h1-5H,6,14H2. The summed E-state index contributed by atoms with van der Waals surface area (Å²) < 4.78 is 1.63. The minimum Gasteiger partial charge on any atom is -0.383 e. The Bertz CT molecular complexity index is 573. The number of thiocyanates is 1. The predicted octanol–water partition coefficient (Wildman–Crippen LogP) is 2.74. The van der Waals surface area contributed by atoms with E-state index in [0.717, 1.165) is 17.3 Å². The molecule has 0 saturated heterocycles. The molecule has 0 radical (unpaired) electrons. The maximum absolute atomic E-state index is 8.59. The summed E-state index contributed by atoms with van der Waals surface area (Å²) in [6.07, 6.45) is 1.58. The maximum atomic E-state index is 8.59. The molecular weight excluding hydrogens is 256 g/mol. The van der Waals surface area contributed by atoms with E-state index in [-0.39, 0.29) is 0 Å². The van der Waals surface area contributed by atoms with Gasteiger partial charge in [0.15, 0.2) is 0 Å². The molecule has 0 spiro atoms. The molecule has 0 aliphatic rings. The van der Waals surface area contributed by atoms with Crippen LogP contribution in [0.4, 0.5) is 5.82 Å². The largest absolute Gasteiger partial charge is 0.383 e. The first kappa shape index (κ1) is 11.8. The van der Waals surface area contributed by atoms with Crippen LogP contribution in [0.25, 0.3) is 0 Å². The lowest BCUT2D eigenvalue weighted by Gasteiger charge is -2.06. The van der Waals surface area contributed by atoms with Crippen molar-refractivity contribution in [2.75, 3.05) is 5.73 Å². The molecule has 86 valence electrons. The van der Waals surface area contributed by atoms with Crippen LogP contribution in [0.5, 0.6) is 0 Å². The van der Waals surface area contributed by atoms with Crippen molar-refractivity contribution in [2.24, 2.45) is 0 Å². The van der Waals surface area contributed by atoms with Crippen molar-refractivity contribution in [3.05, 3.63) is 41.0 Å². The number of rotatable bonds is 3. The van der Waals surface area contributed by atoms with Crippen molar-refractivity contribution in [2.45, 2.75) is 11.4 Å². The Labute approximate surface area is 108 Å². The number of anilines is 1. The Balaban J connectivity index is 2.26. The topological polar surface area (TPSA) is 67.6 Å². The number of nitriles is 1. The molecule has 4 nitrogen and oxygen atoms in total. The lowest BCUT2D eigenvalue weighted by atomic mass is 10.2. The van der Waals surface area contributed by atoms with Crippen molar-refractivity contribution in [1.82, 2.24) is 9.78 Å². The van der Waals surface area contributed by atoms with Crippen molar-refractivity contribution in [3.8, 4) is 5.40 Å². The zero-order valence-electron chi connectivity index (χ0n) is 8.80. The number of hydrogen-bond acceptors (Lipinski definition) is 4. The summed E-state index contributed by atoms with van der Waals surface area (Å²) in [7, 11) is 0. The fourth-order valence-electron chi connectivity index (χ4n) is 1.42. The van der Waals surface area contributed by atoms with Gasteiger partial charge >= 0.3 is 0 Å². The van der Waals surface area contributed by atoms with Gasteiger partial charge in [0, 0.05) is 5.02 Å². The summed E-state index contributed by atoms with van der Waals surface area (Å²) in [6, 6.07) is 7.52. The van der Waals surface area contributed by atoms with Gasteiger partial charge in [-0.2, -0.15) is 10.4 Å². The first-order chi connectivity index (χ1) is 8.22. The minimum atomic E-state index is 0.483. The summed E-state index contributed by atoms with van der Waals surface area (Å²) in [6.45, 7) is 0.498. The molecule has 0 aliphatic carbocycles. The third-order valence-electron chi connectivity index (χ3n) is 2.28. The van der Waals surface area contributed by atoms with E-state index in [9.17, 15) is 0 Å². The van der Waals surface area contributed by atoms with Crippen LogP contribution in [-0.2, 0) is 6.54 Å². The van der Waals surface area contributed by atoms with Crippen molar-refractivity contribution in [1.29, 1.82) is 5.26 Å². The Morgan fingerprint density at radius 2 is 2.24 bits per heavy atom. The molecule has 0 bridgehead atoms. The van der Waals surface area contributed by atoms with Gasteiger partial charge in [0.25, 0.3) is 0 Å². The Morgan fingerprint density at radius 3 is 2.94 bits per heavy atom. The Hall–Kier alpha value is -1.64. The monoisotopic (exact) mass is 264 g/mol. The molecule has 2 aromatic rings. The van der Waals surface area contributed by atoms with E-state index >= 15 is 0 Å². The van der Waals surface area contributed by atoms with Gasteiger partial charge in [-0.25, -0.2) is 4.68 Å². The van der Waals surface area contributed by atoms with Gasteiger partial charge in [-0.1, -0.05) is 29.8 Å². The summed E-state index contributed by atoms with van der Waals surface area (Å²) in [5.74, 6) is 0.483. The number of nitrogens with zero attached hydrogens (tertiary/aromatic N) is 3. The molecule has 17 heavy (non-hydrogen) atoms. The van der Waals surface area contributed by atoms with Crippen molar-refractivity contribution < 1.29 is 0 Å². The van der Waals surface area contributed by atoms with E-state index in [1.165, 1.54) is 0 Å². The van der Waals surface area contributed by atoms with E-state index in [1.807, 2.05) is 29.7 Å². The van der Waals surface area contributed by atoms with Crippen LogP contribution in [0.1, 0.15) is 5.56 Å². The van der Waals surface area contributed by atoms with E-state index in [1.54, 1.807) is 10.9 Å². The molecule has 0 fully saturated rings. The zero-order chi connectivity index (χ0) is 12.3. The fraction of sp³-hybridized carbons (Fsp3) is 0.0909. The van der Waals surface area contributed by atoms with Gasteiger partial charge < -0.3 is 5.73 Å². The first-order valence-electron chi connectivity index (χ1n) is 4.83. The van der Waals surface area contributed by atoms with E-state index in [0.29, 0.717) is 22.3 Å². The Kier molecular flexibility index (Phi) is 3.57. The number of thioether (sulfide) groups is 1. The average Bonchev–Trinajstić information content (AvgIpc) is 2.65. The third-order valence-corrected chi connectivity index (χ3v) is 3.27. The van der Waals surface area contributed by atoms with Crippen LogP contribution >= 0.6 is 23.4 Å². The number of nitrogens with two attached hydrogens (primary N) is 1. The molecule has 0 atom stereocenters. The summed E-state index contributed by atoms with van der Waals surface area (Å²) in [5, 5.41) is 15.4. The van der Waals surface area contributed by atoms with E-state index < -0.39 is 0 Å². The molecule has 1 aromatic heterocycles. The molecule has 0 unspecified atom stereocenters. The second-order valence-corrected chi connectivity index (χ2v) is 4.57. The number of hydrogen-bond donors (Lipinski definition) is 1. The lowest BCUT2D eigenvalue weighted by molar-refractivity contribution is 0.697. The zero-order valence-corrected chi connectivity index (χ0v) is 10.4. The lowest BCUT2D eigenvalue weighted by Crippen LogP contribution is -2.06. The summed E-state index contributed by atoms with van der Waals surface area (Å²) in [4.78, 5) is 0.666. The highest BCUT2D eigenvalue weighted by atomic mass is 35.5. The number of aromatic nitrogens is 2. The third kappa shape index (κ3) is 2.54. The quantitative estimate of drug-likeness (QED) is 0.684. The molecular formula is C11H9ClN4S. The van der Waals surface area contributed by atoms with Crippen LogP contribution < -0.4 is 5.73 Å². The molecule has 1 heterocycles. The predicted molar refractivity (Wildman–Crippen MR) is 68.7 cm³/mol. The second kappa shape index (κ2) is 5.13. The van der Waals surface area contributed by atoms with Crippen LogP contribution in [0.15, 0.2) is 35.4 Å². The number of halogens is 1. The SMILES string of the molecule is N#CSc1cnn(Cc2ccccc2Cl)c1N. The Morgan fingerprint density at radius 1 is 1.47 bits per heavy atom. The second-order valence-electron chi connectivity index (χ2n) is 3.34. The van der Waals surface area contributed by atoms with Crippen molar-refractivity contribution >= 4 is 29.2 Å². The van der Waals surface area contributed by atoms with Crippen LogP contribution in [0, 0.1) is 10.7 Å². The highest BCUT2D eigenvalue weighted by Crippen LogP contribution is 2.25. The van der Waals surface area contributed by atoms with Gasteiger partial charge in [0.2, 0.25) is 0 Å². The number of nitrogen functional groups attached to an aromatic ring is 1. The summed E-state index contributed by atoms with van der Waals surface area (Å²) >= 11 is 7.06. The van der Waals surface area contributed by atoms with Crippen LogP contribution in [0.2, 0.25) is 5.02 Å². The van der Waals surface area contributed by atoms with Gasteiger partial charge in [-0.15, -0.1) is 0 Å². The molecule has 0 saturated carbocycles. The molecule has 1 aromatic carbocycles. The van der Waals surface area contributed by atoms with E-state index in [4.69, 9.17) is 22.6 Å². The molecule has 6 heteroatoms. The van der Waals surface area contributed by atoms with Crippen molar-refractivity contribution in [3.63, 3.8) is 0 Å². The summed E-state index contributed by atoms with van der Waals surface area (Å²) in [5.41, 5.74) is 6.81. The first-order valence-corrected chi connectivity index (χ1v) is 6.02.